The number of amides is 1. The number of rotatable bonds is 7. The summed E-state index contributed by atoms with van der Waals surface area (Å²) in [7, 11) is 0. The first-order valence-electron chi connectivity index (χ1n) is 8.91. The van der Waals surface area contributed by atoms with Gasteiger partial charge in [0.2, 0.25) is 0 Å². The average molecular weight is 365 g/mol. The molecule has 0 fully saturated rings. The normalized spacial score (nSPS) is 10.6. The maximum Gasteiger partial charge on any atom is 0.262 e. The minimum absolute atomic E-state index is 0.0513. The van der Waals surface area contributed by atoms with Crippen LogP contribution in [0.2, 0.25) is 0 Å². The molecule has 1 heterocycles. The first-order valence-corrected chi connectivity index (χ1v) is 8.91. The third-order valence-electron chi connectivity index (χ3n) is 4.29. The zero-order chi connectivity index (χ0) is 19.2. The zero-order valence-corrected chi connectivity index (χ0v) is 15.5. The van der Waals surface area contributed by atoms with E-state index in [0.717, 1.165) is 17.5 Å². The molecule has 2 N–H and O–H groups in total. The van der Waals surface area contributed by atoms with E-state index in [-0.39, 0.29) is 19.1 Å². The number of anilines is 1. The van der Waals surface area contributed by atoms with E-state index in [0.29, 0.717) is 23.0 Å². The van der Waals surface area contributed by atoms with Gasteiger partial charge in [-0.3, -0.25) is 4.79 Å². The number of hydrogen-bond donors (Lipinski definition) is 2. The van der Waals surface area contributed by atoms with Crippen molar-refractivity contribution in [1.82, 2.24) is 0 Å². The van der Waals surface area contributed by atoms with Crippen LogP contribution in [0.15, 0.2) is 59.0 Å². The van der Waals surface area contributed by atoms with Crippen molar-refractivity contribution < 1.29 is 19.1 Å². The summed E-state index contributed by atoms with van der Waals surface area (Å²) >= 11 is 0. The fraction of sp³-hybridized carbons (Fsp3) is 0.227. The fourth-order valence-electron chi connectivity index (χ4n) is 2.79. The number of aryl methyl sites for hydroxylation is 2. The Hall–Kier alpha value is -3.05. The summed E-state index contributed by atoms with van der Waals surface area (Å²) < 4.78 is 11.1. The molecule has 0 saturated carbocycles. The van der Waals surface area contributed by atoms with Gasteiger partial charge in [0.1, 0.15) is 23.9 Å². The molecule has 0 radical (unpaired) electrons. The number of aliphatic hydroxyl groups excluding tert-OH is 1. The Kier molecular flexibility index (Phi) is 5.94. The second-order valence-corrected chi connectivity index (χ2v) is 6.29. The maximum atomic E-state index is 12.1. The standard InChI is InChI=1S/C22H23NO4/c1-3-16-4-7-18(8-5-16)26-14-22(25)23-17-6-10-20(15(2)12-17)21-11-9-19(13-24)27-21/h4-12,24H,3,13-14H2,1-2H3,(H,23,25). The highest BCUT2D eigenvalue weighted by Gasteiger charge is 2.10. The molecule has 0 aliphatic rings. The smallest absolute Gasteiger partial charge is 0.262 e. The Morgan fingerprint density at radius 1 is 1.11 bits per heavy atom. The van der Waals surface area contributed by atoms with Crippen LogP contribution in [0.5, 0.6) is 5.75 Å². The van der Waals surface area contributed by atoms with Gasteiger partial charge in [-0.1, -0.05) is 19.1 Å². The van der Waals surface area contributed by atoms with Gasteiger partial charge in [0, 0.05) is 11.3 Å². The van der Waals surface area contributed by atoms with Gasteiger partial charge in [0.05, 0.1) is 0 Å². The van der Waals surface area contributed by atoms with Crippen LogP contribution in [-0.2, 0) is 17.8 Å². The van der Waals surface area contributed by atoms with E-state index >= 15 is 0 Å². The summed E-state index contributed by atoms with van der Waals surface area (Å²) in [6.07, 6.45) is 0.968. The van der Waals surface area contributed by atoms with Crippen LogP contribution in [0.1, 0.15) is 23.8 Å². The summed E-state index contributed by atoms with van der Waals surface area (Å²) in [6.45, 7) is 3.85. The summed E-state index contributed by atoms with van der Waals surface area (Å²) in [6, 6.07) is 16.9. The van der Waals surface area contributed by atoms with Crippen molar-refractivity contribution >= 4 is 11.6 Å². The van der Waals surface area contributed by atoms with Gasteiger partial charge in [-0.2, -0.15) is 0 Å². The summed E-state index contributed by atoms with van der Waals surface area (Å²) in [5.41, 5.74) is 3.80. The lowest BCUT2D eigenvalue weighted by molar-refractivity contribution is -0.118. The number of furan rings is 1. The Labute approximate surface area is 158 Å². The van der Waals surface area contributed by atoms with Crippen LogP contribution in [0.4, 0.5) is 5.69 Å². The van der Waals surface area contributed by atoms with E-state index in [4.69, 9.17) is 14.3 Å². The molecule has 0 unspecified atom stereocenters. The van der Waals surface area contributed by atoms with Crippen LogP contribution in [0.25, 0.3) is 11.3 Å². The minimum Gasteiger partial charge on any atom is -0.484 e. The van der Waals surface area contributed by atoms with Gasteiger partial charge in [0.15, 0.2) is 6.61 Å². The number of hydrogen-bond acceptors (Lipinski definition) is 4. The molecule has 0 spiro atoms. The molecule has 1 amide bonds. The van der Waals surface area contributed by atoms with Crippen LogP contribution < -0.4 is 10.1 Å². The first kappa shape index (κ1) is 18.7. The molecule has 0 bridgehead atoms. The molecule has 5 heteroatoms. The van der Waals surface area contributed by atoms with Crippen LogP contribution in [0.3, 0.4) is 0 Å². The summed E-state index contributed by atoms with van der Waals surface area (Å²) in [4.78, 5) is 12.1. The van der Waals surface area contributed by atoms with Crippen molar-refractivity contribution in [3.63, 3.8) is 0 Å². The molecule has 5 nitrogen and oxygen atoms in total. The number of carbonyl (C=O) groups excluding carboxylic acids is 1. The second-order valence-electron chi connectivity index (χ2n) is 6.29. The molecule has 140 valence electrons. The van der Waals surface area contributed by atoms with Crippen molar-refractivity contribution in [3.8, 4) is 17.1 Å². The lowest BCUT2D eigenvalue weighted by Gasteiger charge is -2.10. The van der Waals surface area contributed by atoms with Crippen molar-refractivity contribution in [1.29, 1.82) is 0 Å². The van der Waals surface area contributed by atoms with Gasteiger partial charge < -0.3 is 19.6 Å². The van der Waals surface area contributed by atoms with Gasteiger partial charge >= 0.3 is 0 Å². The molecule has 1 aromatic heterocycles. The molecule has 0 aliphatic carbocycles. The third kappa shape index (κ3) is 4.77. The monoisotopic (exact) mass is 365 g/mol. The molecular weight excluding hydrogens is 342 g/mol. The number of ether oxygens (including phenoxy) is 1. The van der Waals surface area contributed by atoms with Crippen LogP contribution in [0, 0.1) is 6.92 Å². The highest BCUT2D eigenvalue weighted by Crippen LogP contribution is 2.27. The zero-order valence-electron chi connectivity index (χ0n) is 15.5. The molecule has 27 heavy (non-hydrogen) atoms. The quantitative estimate of drug-likeness (QED) is 0.654. The van der Waals surface area contributed by atoms with E-state index in [2.05, 4.69) is 12.2 Å². The number of benzene rings is 2. The topological polar surface area (TPSA) is 71.7 Å². The van der Waals surface area contributed by atoms with Gasteiger partial charge in [-0.25, -0.2) is 0 Å². The number of aliphatic hydroxyl groups is 1. The molecule has 2 aromatic carbocycles. The number of carbonyl (C=O) groups is 1. The summed E-state index contributed by atoms with van der Waals surface area (Å²) in [5, 5.41) is 12.0. The SMILES string of the molecule is CCc1ccc(OCC(=O)Nc2ccc(-c3ccc(CO)o3)c(C)c2)cc1. The largest absolute Gasteiger partial charge is 0.484 e. The van der Waals surface area contributed by atoms with E-state index in [1.807, 2.05) is 55.5 Å². The van der Waals surface area contributed by atoms with Crippen molar-refractivity contribution in [3.05, 3.63) is 71.5 Å². The Bertz CT molecular complexity index is 912. The molecular formula is C22H23NO4. The summed E-state index contributed by atoms with van der Waals surface area (Å²) in [5.74, 6) is 1.66. The van der Waals surface area contributed by atoms with Gasteiger partial charge in [0.25, 0.3) is 5.91 Å². The Balaban J connectivity index is 1.59. The Morgan fingerprint density at radius 3 is 2.52 bits per heavy atom. The molecule has 0 aliphatic heterocycles. The highest BCUT2D eigenvalue weighted by molar-refractivity contribution is 5.92. The highest BCUT2D eigenvalue weighted by atomic mass is 16.5. The lowest BCUT2D eigenvalue weighted by Crippen LogP contribution is -2.20. The van der Waals surface area contributed by atoms with Crippen molar-refractivity contribution in [2.24, 2.45) is 0 Å². The van der Waals surface area contributed by atoms with E-state index in [1.165, 1.54) is 5.56 Å². The second kappa shape index (κ2) is 8.56. The average Bonchev–Trinajstić information content (AvgIpc) is 3.16. The molecule has 0 atom stereocenters. The van der Waals surface area contributed by atoms with E-state index in [1.54, 1.807) is 6.07 Å². The third-order valence-corrected chi connectivity index (χ3v) is 4.29. The van der Waals surface area contributed by atoms with Crippen molar-refractivity contribution in [2.45, 2.75) is 26.9 Å². The van der Waals surface area contributed by atoms with E-state index in [9.17, 15) is 4.79 Å². The predicted molar refractivity (Wildman–Crippen MR) is 105 cm³/mol. The van der Waals surface area contributed by atoms with Gasteiger partial charge in [-0.15, -0.1) is 0 Å². The lowest BCUT2D eigenvalue weighted by atomic mass is 10.1. The van der Waals surface area contributed by atoms with Gasteiger partial charge in [-0.05, 0) is 66.9 Å². The fourth-order valence-corrected chi connectivity index (χ4v) is 2.79. The Morgan fingerprint density at radius 2 is 1.89 bits per heavy atom. The molecule has 0 saturated heterocycles. The van der Waals surface area contributed by atoms with Crippen LogP contribution in [-0.4, -0.2) is 17.6 Å². The van der Waals surface area contributed by atoms with Crippen molar-refractivity contribution in [2.75, 3.05) is 11.9 Å². The van der Waals surface area contributed by atoms with E-state index < -0.39 is 0 Å². The molecule has 3 rings (SSSR count). The maximum absolute atomic E-state index is 12.1. The number of nitrogens with one attached hydrogen (secondary N) is 1. The predicted octanol–water partition coefficient (Wildman–Crippen LogP) is 4.33. The van der Waals surface area contributed by atoms with Crippen LogP contribution >= 0.6 is 0 Å². The molecule has 3 aromatic rings. The first-order chi connectivity index (χ1) is 13.1. The minimum atomic E-state index is -0.220.